The number of hydrogen-bond acceptors (Lipinski definition) is 5. The standard InChI is InChI=1S/C21H28N2O5/c1-13-18(17(25)12-28-13)23-20(27)16(11-21(2)9-3-4-10-21)22-19(26)14-5-7-15(24)8-6-14/h5-8,13,16,18,24H,3-4,9-12H2,1-2H3,(H,22,26)(H,23,27)/t13-,16-,18-/m0/s1. The smallest absolute Gasteiger partial charge is 0.251 e. The molecular formula is C21H28N2O5. The van der Waals surface area contributed by atoms with Gasteiger partial charge in [0, 0.05) is 5.56 Å². The SMILES string of the molecule is C[C@@H]1OCC(=O)[C@H]1NC(=O)[C@H](CC1(C)CCCC1)NC(=O)c1ccc(O)cc1. The van der Waals surface area contributed by atoms with Crippen LogP contribution in [0.2, 0.25) is 0 Å². The Morgan fingerprint density at radius 3 is 2.46 bits per heavy atom. The van der Waals surface area contributed by atoms with Crippen molar-refractivity contribution in [3.05, 3.63) is 29.8 Å². The molecule has 1 saturated carbocycles. The Kier molecular flexibility index (Phi) is 6.03. The summed E-state index contributed by atoms with van der Waals surface area (Å²) in [5, 5.41) is 15.0. The van der Waals surface area contributed by atoms with Gasteiger partial charge in [-0.15, -0.1) is 0 Å². The van der Waals surface area contributed by atoms with Crippen molar-refractivity contribution in [2.45, 2.75) is 64.1 Å². The maximum absolute atomic E-state index is 13.0. The first-order chi connectivity index (χ1) is 13.3. The van der Waals surface area contributed by atoms with Crippen LogP contribution in [-0.4, -0.2) is 47.5 Å². The van der Waals surface area contributed by atoms with Crippen molar-refractivity contribution in [1.82, 2.24) is 10.6 Å². The maximum Gasteiger partial charge on any atom is 0.251 e. The number of phenolic OH excluding ortho intramolecular Hbond substituents is 1. The van der Waals surface area contributed by atoms with E-state index in [1.807, 2.05) is 0 Å². The second-order valence-electron chi connectivity index (χ2n) is 8.26. The fraction of sp³-hybridized carbons (Fsp3) is 0.571. The van der Waals surface area contributed by atoms with Gasteiger partial charge in [0.1, 0.15) is 24.4 Å². The Morgan fingerprint density at radius 1 is 1.25 bits per heavy atom. The van der Waals surface area contributed by atoms with Crippen molar-refractivity contribution in [1.29, 1.82) is 0 Å². The van der Waals surface area contributed by atoms with Crippen molar-refractivity contribution in [2.75, 3.05) is 6.61 Å². The Morgan fingerprint density at radius 2 is 1.89 bits per heavy atom. The third-order valence-electron chi connectivity index (χ3n) is 5.86. The predicted octanol–water partition coefficient (Wildman–Crippen LogP) is 1.93. The second kappa shape index (κ2) is 8.31. The van der Waals surface area contributed by atoms with Crippen molar-refractivity contribution in [2.24, 2.45) is 5.41 Å². The summed E-state index contributed by atoms with van der Waals surface area (Å²) in [7, 11) is 0. The number of ether oxygens (including phenoxy) is 1. The lowest BCUT2D eigenvalue weighted by Gasteiger charge is -2.30. The summed E-state index contributed by atoms with van der Waals surface area (Å²) in [4.78, 5) is 37.6. The number of rotatable bonds is 6. The summed E-state index contributed by atoms with van der Waals surface area (Å²) in [5.74, 6) is -0.839. The van der Waals surface area contributed by atoms with Crippen LogP contribution < -0.4 is 10.6 Å². The molecule has 1 saturated heterocycles. The minimum absolute atomic E-state index is 0.00559. The summed E-state index contributed by atoms with van der Waals surface area (Å²) in [6, 6.07) is 4.44. The number of Topliss-reactive ketones (excluding diaryl/α,β-unsaturated/α-hetero) is 1. The predicted molar refractivity (Wildman–Crippen MR) is 103 cm³/mol. The van der Waals surface area contributed by atoms with Gasteiger partial charge in [-0.3, -0.25) is 14.4 Å². The highest BCUT2D eigenvalue weighted by atomic mass is 16.5. The van der Waals surface area contributed by atoms with E-state index in [0.29, 0.717) is 12.0 Å². The van der Waals surface area contributed by atoms with E-state index in [9.17, 15) is 19.5 Å². The Balaban J connectivity index is 1.74. The minimum atomic E-state index is -0.745. The summed E-state index contributed by atoms with van der Waals surface area (Å²) in [5.41, 5.74) is 0.340. The molecule has 152 valence electrons. The first kappa shape index (κ1) is 20.3. The molecule has 3 atom stereocenters. The molecule has 1 aromatic rings. The van der Waals surface area contributed by atoms with Crippen LogP contribution in [0.3, 0.4) is 0 Å². The fourth-order valence-electron chi connectivity index (χ4n) is 4.10. The number of phenols is 1. The maximum atomic E-state index is 13.0. The summed E-state index contributed by atoms with van der Waals surface area (Å²) in [6.07, 6.45) is 4.37. The van der Waals surface area contributed by atoms with Gasteiger partial charge in [-0.05, 0) is 55.9 Å². The quantitative estimate of drug-likeness (QED) is 0.691. The molecule has 0 bridgehead atoms. The van der Waals surface area contributed by atoms with Gasteiger partial charge in [-0.25, -0.2) is 0 Å². The van der Waals surface area contributed by atoms with E-state index in [4.69, 9.17) is 4.74 Å². The van der Waals surface area contributed by atoms with Crippen LogP contribution in [0.1, 0.15) is 56.3 Å². The van der Waals surface area contributed by atoms with Crippen LogP contribution in [-0.2, 0) is 14.3 Å². The van der Waals surface area contributed by atoms with Gasteiger partial charge < -0.3 is 20.5 Å². The summed E-state index contributed by atoms with van der Waals surface area (Å²) >= 11 is 0. The van der Waals surface area contributed by atoms with Crippen molar-refractivity contribution >= 4 is 17.6 Å². The van der Waals surface area contributed by atoms with E-state index >= 15 is 0 Å². The Bertz CT molecular complexity index is 740. The van der Waals surface area contributed by atoms with Crippen molar-refractivity contribution in [3.8, 4) is 5.75 Å². The average Bonchev–Trinajstić information content (AvgIpc) is 3.22. The second-order valence-corrected chi connectivity index (χ2v) is 8.26. The average molecular weight is 388 g/mol. The topological polar surface area (TPSA) is 105 Å². The molecule has 1 aliphatic heterocycles. The normalized spacial score (nSPS) is 24.7. The van der Waals surface area contributed by atoms with Crippen molar-refractivity contribution in [3.63, 3.8) is 0 Å². The highest BCUT2D eigenvalue weighted by Gasteiger charge is 2.39. The molecule has 0 spiro atoms. The minimum Gasteiger partial charge on any atom is -0.508 e. The van der Waals surface area contributed by atoms with Gasteiger partial charge in [0.05, 0.1) is 6.10 Å². The van der Waals surface area contributed by atoms with E-state index < -0.39 is 12.1 Å². The summed E-state index contributed by atoms with van der Waals surface area (Å²) < 4.78 is 5.30. The molecule has 1 aromatic carbocycles. The molecule has 1 aliphatic carbocycles. The first-order valence-corrected chi connectivity index (χ1v) is 9.82. The molecule has 3 rings (SSSR count). The van der Waals surface area contributed by atoms with E-state index in [1.54, 1.807) is 6.92 Å². The number of carbonyl (C=O) groups excluding carboxylic acids is 3. The number of ketones is 1. The van der Waals surface area contributed by atoms with Crippen LogP contribution in [0.4, 0.5) is 0 Å². The van der Waals surface area contributed by atoms with Gasteiger partial charge in [-0.2, -0.15) is 0 Å². The van der Waals surface area contributed by atoms with E-state index in [1.165, 1.54) is 24.3 Å². The number of aromatic hydroxyl groups is 1. The van der Waals surface area contributed by atoms with Gasteiger partial charge in [-0.1, -0.05) is 19.8 Å². The number of amides is 2. The molecule has 7 heteroatoms. The lowest BCUT2D eigenvalue weighted by atomic mass is 9.81. The van der Waals surface area contributed by atoms with Crippen molar-refractivity contribution < 1.29 is 24.2 Å². The van der Waals surface area contributed by atoms with Gasteiger partial charge in [0.15, 0.2) is 5.78 Å². The van der Waals surface area contributed by atoms with Crippen LogP contribution in [0, 0.1) is 5.41 Å². The fourth-order valence-corrected chi connectivity index (χ4v) is 4.10. The molecule has 2 amide bonds. The third-order valence-corrected chi connectivity index (χ3v) is 5.86. The highest BCUT2D eigenvalue weighted by molar-refractivity contribution is 5.99. The monoisotopic (exact) mass is 388 g/mol. The van der Waals surface area contributed by atoms with Gasteiger partial charge >= 0.3 is 0 Å². The molecular weight excluding hydrogens is 360 g/mol. The van der Waals surface area contributed by atoms with E-state index in [0.717, 1.165) is 25.7 Å². The Hall–Kier alpha value is -2.41. The molecule has 7 nitrogen and oxygen atoms in total. The van der Waals surface area contributed by atoms with Crippen LogP contribution in [0.5, 0.6) is 5.75 Å². The molecule has 3 N–H and O–H groups in total. The van der Waals surface area contributed by atoms with Gasteiger partial charge in [0.25, 0.3) is 5.91 Å². The molecule has 0 aromatic heterocycles. The lowest BCUT2D eigenvalue weighted by molar-refractivity contribution is -0.128. The van der Waals surface area contributed by atoms with E-state index in [-0.39, 0.29) is 41.5 Å². The van der Waals surface area contributed by atoms with Crippen LogP contribution in [0.25, 0.3) is 0 Å². The molecule has 28 heavy (non-hydrogen) atoms. The Labute approximate surface area is 164 Å². The first-order valence-electron chi connectivity index (χ1n) is 9.82. The largest absolute Gasteiger partial charge is 0.508 e. The molecule has 0 unspecified atom stereocenters. The van der Waals surface area contributed by atoms with Crippen LogP contribution in [0.15, 0.2) is 24.3 Å². The molecule has 2 fully saturated rings. The zero-order valence-electron chi connectivity index (χ0n) is 16.4. The number of carbonyl (C=O) groups is 3. The third kappa shape index (κ3) is 4.70. The lowest BCUT2D eigenvalue weighted by Crippen LogP contribution is -2.54. The molecule has 2 aliphatic rings. The summed E-state index contributed by atoms with van der Waals surface area (Å²) in [6.45, 7) is 3.88. The number of nitrogens with one attached hydrogen (secondary N) is 2. The number of benzene rings is 1. The van der Waals surface area contributed by atoms with Crippen LogP contribution >= 0.6 is 0 Å². The van der Waals surface area contributed by atoms with E-state index in [2.05, 4.69) is 17.6 Å². The molecule has 0 radical (unpaired) electrons. The highest BCUT2D eigenvalue weighted by Crippen LogP contribution is 2.41. The van der Waals surface area contributed by atoms with Gasteiger partial charge in [0.2, 0.25) is 5.91 Å². The zero-order chi connectivity index (χ0) is 20.3. The zero-order valence-corrected chi connectivity index (χ0v) is 16.4. The number of hydrogen-bond donors (Lipinski definition) is 3. The molecule has 1 heterocycles.